The van der Waals surface area contributed by atoms with Gasteiger partial charge in [-0.15, -0.1) is 0 Å². The third kappa shape index (κ3) is 2.09. The summed E-state index contributed by atoms with van der Waals surface area (Å²) in [5.74, 6) is 0.564. The zero-order valence-corrected chi connectivity index (χ0v) is 12.6. The molecule has 1 aliphatic rings. The van der Waals surface area contributed by atoms with Crippen LogP contribution in [0.2, 0.25) is 5.15 Å². The average molecular weight is 315 g/mol. The minimum absolute atomic E-state index is 0.187. The quantitative estimate of drug-likeness (QED) is 0.755. The number of aliphatic hydroxyl groups is 1. The molecule has 5 nitrogen and oxygen atoms in total. The van der Waals surface area contributed by atoms with Crippen LogP contribution in [0.5, 0.6) is 0 Å². The largest absolute Gasteiger partial charge is 0.396 e. The Morgan fingerprint density at radius 1 is 1.14 bits per heavy atom. The average Bonchev–Trinajstić information content (AvgIpc) is 3.11. The van der Waals surface area contributed by atoms with E-state index in [0.29, 0.717) is 16.6 Å². The minimum Gasteiger partial charge on any atom is -0.396 e. The molecule has 1 N–H and O–H groups in total. The Bertz CT molecular complexity index is 832. The van der Waals surface area contributed by atoms with Gasteiger partial charge in [-0.25, -0.2) is 15.0 Å². The van der Waals surface area contributed by atoms with Crippen LogP contribution < -0.4 is 0 Å². The molecule has 2 aromatic heterocycles. The Morgan fingerprint density at radius 2 is 1.91 bits per heavy atom. The summed E-state index contributed by atoms with van der Waals surface area (Å²) in [4.78, 5) is 12.6. The minimum atomic E-state index is 0.187. The van der Waals surface area contributed by atoms with Crippen molar-refractivity contribution in [3.63, 3.8) is 0 Å². The maximum Gasteiger partial charge on any atom is 0.164 e. The molecule has 4 rings (SSSR count). The standard InChI is InChI=1S/C16H15ClN4O/c17-15-14-16(19-8-18-15)21(9-20-14)6-10-5-11(7-22)13-4-2-1-3-12(10)13/h1-4,8-11,22H,5-7H2/t10-,11+/m0/s1. The predicted molar refractivity (Wildman–Crippen MR) is 84.0 cm³/mol. The van der Waals surface area contributed by atoms with Gasteiger partial charge in [-0.3, -0.25) is 0 Å². The van der Waals surface area contributed by atoms with E-state index in [1.54, 1.807) is 6.33 Å². The molecule has 0 spiro atoms. The lowest BCUT2D eigenvalue weighted by atomic mass is 10.0. The second-order valence-electron chi connectivity index (χ2n) is 5.67. The van der Waals surface area contributed by atoms with Gasteiger partial charge in [0.1, 0.15) is 11.8 Å². The molecule has 3 aromatic rings. The Morgan fingerprint density at radius 3 is 2.68 bits per heavy atom. The number of halogens is 1. The number of fused-ring (bicyclic) bond motifs is 2. The Labute approximate surface area is 132 Å². The van der Waals surface area contributed by atoms with Crippen molar-refractivity contribution >= 4 is 22.8 Å². The summed E-state index contributed by atoms with van der Waals surface area (Å²) in [6, 6.07) is 8.35. The van der Waals surface area contributed by atoms with Gasteiger partial charge in [-0.2, -0.15) is 0 Å². The van der Waals surface area contributed by atoms with Crippen LogP contribution in [-0.2, 0) is 6.54 Å². The number of rotatable bonds is 3. The summed E-state index contributed by atoms with van der Waals surface area (Å²) < 4.78 is 2.02. The molecule has 6 heteroatoms. The first-order valence-electron chi connectivity index (χ1n) is 7.29. The van der Waals surface area contributed by atoms with Gasteiger partial charge in [0.05, 0.1) is 6.33 Å². The third-order valence-electron chi connectivity index (χ3n) is 4.44. The first-order chi connectivity index (χ1) is 10.8. The first kappa shape index (κ1) is 13.7. The van der Waals surface area contributed by atoms with Crippen molar-refractivity contribution in [3.8, 4) is 0 Å². The van der Waals surface area contributed by atoms with Crippen molar-refractivity contribution in [1.29, 1.82) is 0 Å². The van der Waals surface area contributed by atoms with Gasteiger partial charge in [-0.05, 0) is 17.5 Å². The molecule has 1 aromatic carbocycles. The van der Waals surface area contributed by atoms with Gasteiger partial charge in [0, 0.05) is 25.0 Å². The fraction of sp³-hybridized carbons (Fsp3) is 0.312. The highest BCUT2D eigenvalue weighted by Crippen LogP contribution is 2.42. The zero-order chi connectivity index (χ0) is 15.1. The summed E-state index contributed by atoms with van der Waals surface area (Å²) in [7, 11) is 0. The number of hydrogen-bond acceptors (Lipinski definition) is 4. The van der Waals surface area contributed by atoms with E-state index in [1.807, 2.05) is 10.6 Å². The summed E-state index contributed by atoms with van der Waals surface area (Å²) in [5.41, 5.74) is 3.95. The van der Waals surface area contributed by atoms with Crippen LogP contribution in [-0.4, -0.2) is 31.2 Å². The lowest BCUT2D eigenvalue weighted by molar-refractivity contribution is 0.259. The van der Waals surface area contributed by atoms with E-state index in [4.69, 9.17) is 11.6 Å². The highest BCUT2D eigenvalue weighted by atomic mass is 35.5. The molecule has 2 atom stereocenters. The summed E-state index contributed by atoms with van der Waals surface area (Å²) >= 11 is 6.05. The number of hydrogen-bond donors (Lipinski definition) is 1. The van der Waals surface area contributed by atoms with Gasteiger partial charge in [0.15, 0.2) is 10.8 Å². The van der Waals surface area contributed by atoms with E-state index in [9.17, 15) is 5.11 Å². The van der Waals surface area contributed by atoms with Crippen LogP contribution in [0, 0.1) is 0 Å². The van der Waals surface area contributed by atoms with Crippen LogP contribution in [0.25, 0.3) is 11.2 Å². The van der Waals surface area contributed by atoms with Crippen LogP contribution >= 0.6 is 11.6 Å². The van der Waals surface area contributed by atoms with Crippen LogP contribution in [0.3, 0.4) is 0 Å². The molecule has 0 saturated heterocycles. The highest BCUT2D eigenvalue weighted by Gasteiger charge is 2.30. The van der Waals surface area contributed by atoms with Gasteiger partial charge >= 0.3 is 0 Å². The zero-order valence-electron chi connectivity index (χ0n) is 11.9. The van der Waals surface area contributed by atoms with Crippen LogP contribution in [0.1, 0.15) is 29.4 Å². The molecule has 2 heterocycles. The van der Waals surface area contributed by atoms with Crippen molar-refractivity contribution in [2.24, 2.45) is 0 Å². The molecule has 22 heavy (non-hydrogen) atoms. The van der Waals surface area contributed by atoms with E-state index in [1.165, 1.54) is 17.5 Å². The molecule has 0 amide bonds. The fourth-order valence-electron chi connectivity index (χ4n) is 3.42. The van der Waals surface area contributed by atoms with Crippen molar-refractivity contribution in [3.05, 3.63) is 53.2 Å². The van der Waals surface area contributed by atoms with E-state index in [2.05, 4.69) is 33.2 Å². The molecule has 0 radical (unpaired) electrons. The van der Waals surface area contributed by atoms with Crippen molar-refractivity contribution < 1.29 is 5.11 Å². The number of nitrogens with zero attached hydrogens (tertiary/aromatic N) is 4. The summed E-state index contributed by atoms with van der Waals surface area (Å²) in [6.07, 6.45) is 4.16. The van der Waals surface area contributed by atoms with Gasteiger partial charge in [0.2, 0.25) is 0 Å². The molecular weight excluding hydrogens is 300 g/mol. The lowest BCUT2D eigenvalue weighted by Gasteiger charge is -2.13. The van der Waals surface area contributed by atoms with Gasteiger partial charge in [-0.1, -0.05) is 35.9 Å². The maximum atomic E-state index is 9.61. The summed E-state index contributed by atoms with van der Waals surface area (Å²) in [6.45, 7) is 0.962. The normalized spacial score (nSPS) is 20.5. The Kier molecular flexibility index (Phi) is 3.32. The topological polar surface area (TPSA) is 63.8 Å². The van der Waals surface area contributed by atoms with Crippen LogP contribution in [0.4, 0.5) is 0 Å². The first-order valence-corrected chi connectivity index (χ1v) is 7.66. The predicted octanol–water partition coefficient (Wildman–Crippen LogP) is 2.74. The molecule has 0 unspecified atom stereocenters. The third-order valence-corrected chi connectivity index (χ3v) is 4.72. The SMILES string of the molecule is OC[C@H]1C[C@@H](Cn2cnc3c(Cl)ncnc32)c2ccccc21. The van der Waals surface area contributed by atoms with E-state index in [0.717, 1.165) is 18.6 Å². The maximum absolute atomic E-state index is 9.61. The summed E-state index contributed by atoms with van der Waals surface area (Å²) in [5, 5.41) is 9.99. The van der Waals surface area contributed by atoms with Crippen LogP contribution in [0.15, 0.2) is 36.9 Å². The highest BCUT2D eigenvalue weighted by molar-refractivity contribution is 6.33. The van der Waals surface area contributed by atoms with E-state index >= 15 is 0 Å². The lowest BCUT2D eigenvalue weighted by Crippen LogP contribution is -2.07. The number of imidazole rings is 1. The molecule has 0 aliphatic heterocycles. The molecule has 112 valence electrons. The molecule has 1 aliphatic carbocycles. The second-order valence-corrected chi connectivity index (χ2v) is 6.03. The number of aliphatic hydroxyl groups excluding tert-OH is 1. The molecule has 0 fully saturated rings. The fourth-order valence-corrected chi connectivity index (χ4v) is 3.60. The monoisotopic (exact) mass is 314 g/mol. The van der Waals surface area contributed by atoms with E-state index < -0.39 is 0 Å². The Hall–Kier alpha value is -1.98. The van der Waals surface area contributed by atoms with Crippen molar-refractivity contribution in [2.75, 3.05) is 6.61 Å². The molecule has 0 bridgehead atoms. The number of benzene rings is 1. The number of aromatic nitrogens is 4. The van der Waals surface area contributed by atoms with Gasteiger partial charge in [0.25, 0.3) is 0 Å². The second kappa shape index (κ2) is 5.34. The smallest absolute Gasteiger partial charge is 0.164 e. The van der Waals surface area contributed by atoms with Gasteiger partial charge < -0.3 is 9.67 Å². The van der Waals surface area contributed by atoms with Crippen molar-refractivity contribution in [1.82, 2.24) is 19.5 Å². The molecular formula is C16H15ClN4O. The van der Waals surface area contributed by atoms with E-state index in [-0.39, 0.29) is 12.5 Å². The molecule has 0 saturated carbocycles. The van der Waals surface area contributed by atoms with Crippen molar-refractivity contribution in [2.45, 2.75) is 24.8 Å². The Balaban J connectivity index is 1.70.